The van der Waals surface area contributed by atoms with Gasteiger partial charge in [0.2, 0.25) is 0 Å². The van der Waals surface area contributed by atoms with Gasteiger partial charge in [0.25, 0.3) is 13.4 Å². The third-order valence-electron chi connectivity index (χ3n) is 4.94. The number of carbonyl (C=O) groups is 1. The van der Waals surface area contributed by atoms with Crippen molar-refractivity contribution in [2.24, 2.45) is 0 Å². The fourth-order valence-corrected chi connectivity index (χ4v) is 4.07. The van der Waals surface area contributed by atoms with Crippen molar-refractivity contribution in [3.8, 4) is 17.3 Å². The predicted molar refractivity (Wildman–Crippen MR) is 110 cm³/mol. The van der Waals surface area contributed by atoms with Gasteiger partial charge >= 0.3 is 0 Å². The van der Waals surface area contributed by atoms with E-state index in [1.807, 2.05) is 4.98 Å². The molecule has 4 N–H and O–H groups in total. The Morgan fingerprint density at radius 1 is 1.23 bits per heavy atom. The van der Waals surface area contributed by atoms with Gasteiger partial charge in [0.15, 0.2) is 5.43 Å². The molecule has 0 aromatic carbocycles. The molecule has 0 saturated carbocycles. The fraction of sp³-hybridized carbons (Fsp3) is 0.368. The number of carboxylic acid groups (broad SMARTS) is 1. The molecule has 190 valence electrons. The molecule has 0 amide bonds. The summed E-state index contributed by atoms with van der Waals surface area (Å²) in [5, 5.41) is 53.1. The number of carbonyl (C=O) groups excluding carboxylic acids is 1. The zero-order valence-corrected chi connectivity index (χ0v) is 18.8. The number of hydrogen-bond acceptors (Lipinski definition) is 13. The summed E-state index contributed by atoms with van der Waals surface area (Å²) in [4.78, 5) is 52.1. The summed E-state index contributed by atoms with van der Waals surface area (Å²) in [6.45, 7) is -0.852. The Bertz CT molecular complexity index is 1370. The topological polar surface area (TPSA) is 250 Å². The molecule has 2 heterocycles. The molecule has 35 heavy (non-hydrogen) atoms. The number of hydrogen-bond donors (Lipinski definition) is 4. The number of aromatic amines is 1. The van der Waals surface area contributed by atoms with Gasteiger partial charge in [0.1, 0.15) is 30.1 Å². The molecule has 0 radical (unpaired) electrons. The van der Waals surface area contributed by atoms with Crippen LogP contribution in [0.1, 0.15) is 6.92 Å². The van der Waals surface area contributed by atoms with Crippen LogP contribution in [0.4, 0.5) is 0 Å². The largest absolute Gasteiger partial charge is 0.846 e. The van der Waals surface area contributed by atoms with E-state index in [-0.39, 0.29) is 16.7 Å². The normalized spacial score (nSPS) is 17.1. The van der Waals surface area contributed by atoms with Crippen LogP contribution in [0.3, 0.4) is 0 Å². The van der Waals surface area contributed by atoms with Crippen LogP contribution in [0.2, 0.25) is 0 Å². The predicted octanol–water partition coefficient (Wildman–Crippen LogP) is -4.01. The highest BCUT2D eigenvalue weighted by Gasteiger charge is 2.29. The Morgan fingerprint density at radius 2 is 1.91 bits per heavy atom. The Hall–Kier alpha value is -3.17. The molecule has 0 fully saturated rings. The highest BCUT2D eigenvalue weighted by molar-refractivity contribution is 7.45. The minimum Gasteiger partial charge on any atom is -0.846 e. The number of H-pyrrole nitrogens is 1. The SMILES string of the molecule is C[C@H](OP(=O)([O-])OC[C@@H](O)[C@@H](O)[C@@H](O)Cn1c2cc(=O)ccc-2cc2c(=O)[nH]c([O-])nc21)C(=O)[O-]. The molecule has 15 nitrogen and oxygen atoms in total. The Kier molecular flexibility index (Phi) is 7.71. The first-order chi connectivity index (χ1) is 16.3. The van der Waals surface area contributed by atoms with Crippen molar-refractivity contribution < 1.29 is 48.8 Å². The molecule has 0 saturated heterocycles. The Morgan fingerprint density at radius 3 is 2.57 bits per heavy atom. The van der Waals surface area contributed by atoms with Gasteiger partial charge in [0, 0.05) is 6.07 Å². The molecular formula is C19H19N3O12P-3. The maximum atomic E-state index is 12.2. The molecule has 1 aromatic heterocycles. The van der Waals surface area contributed by atoms with Gasteiger partial charge < -0.3 is 53.8 Å². The summed E-state index contributed by atoms with van der Waals surface area (Å²) in [6, 6.07) is 4.12. The van der Waals surface area contributed by atoms with Crippen LogP contribution in [0, 0.1) is 0 Å². The van der Waals surface area contributed by atoms with Gasteiger partial charge in [0.05, 0.1) is 36.2 Å². The van der Waals surface area contributed by atoms with E-state index >= 15 is 0 Å². The van der Waals surface area contributed by atoms with Crippen LogP contribution in [-0.4, -0.2) is 66.8 Å². The first-order valence-electron chi connectivity index (χ1n) is 9.93. The van der Waals surface area contributed by atoms with Gasteiger partial charge in [-0.2, -0.15) is 0 Å². The van der Waals surface area contributed by atoms with Crippen molar-refractivity contribution >= 4 is 24.8 Å². The van der Waals surface area contributed by atoms with Gasteiger partial charge in [-0.1, -0.05) is 0 Å². The average molecular weight is 512 g/mol. The van der Waals surface area contributed by atoms with Gasteiger partial charge in [-0.25, -0.2) is 4.98 Å². The van der Waals surface area contributed by atoms with E-state index in [1.54, 1.807) is 0 Å². The van der Waals surface area contributed by atoms with Gasteiger partial charge in [-0.3, -0.25) is 14.2 Å². The molecule has 1 aliphatic carbocycles. The van der Waals surface area contributed by atoms with Crippen LogP contribution in [0.25, 0.3) is 22.3 Å². The highest BCUT2D eigenvalue weighted by atomic mass is 31.2. The van der Waals surface area contributed by atoms with Crippen molar-refractivity contribution in [3.05, 3.63) is 44.8 Å². The van der Waals surface area contributed by atoms with E-state index in [4.69, 9.17) is 0 Å². The number of carboxylic acids is 1. The number of fused-ring (bicyclic) bond motifs is 2. The number of nitrogens with zero attached hydrogens (tertiary/aromatic N) is 2. The van der Waals surface area contributed by atoms with Gasteiger partial charge in [-0.05, 0) is 30.7 Å². The van der Waals surface area contributed by atoms with E-state index in [9.17, 15) is 49.4 Å². The van der Waals surface area contributed by atoms with Crippen molar-refractivity contribution in [2.75, 3.05) is 6.61 Å². The van der Waals surface area contributed by atoms with Crippen molar-refractivity contribution in [3.63, 3.8) is 0 Å². The summed E-state index contributed by atoms with van der Waals surface area (Å²) >= 11 is 0. The van der Waals surface area contributed by atoms with Gasteiger partial charge in [-0.15, -0.1) is 0 Å². The molecule has 16 heteroatoms. The summed E-state index contributed by atoms with van der Waals surface area (Å²) in [5.41, 5.74) is -0.948. The Balaban J connectivity index is 1.86. The van der Waals surface area contributed by atoms with E-state index in [0.29, 0.717) is 5.56 Å². The number of benzene rings is 1. The zero-order valence-electron chi connectivity index (χ0n) is 17.9. The number of aliphatic hydroxyl groups is 3. The molecule has 2 aliphatic rings. The van der Waals surface area contributed by atoms with Crippen LogP contribution in [0.5, 0.6) is 6.01 Å². The lowest BCUT2D eigenvalue weighted by Gasteiger charge is -2.30. The number of aromatic nitrogens is 3. The van der Waals surface area contributed by atoms with E-state index in [2.05, 4.69) is 14.0 Å². The minimum atomic E-state index is -5.22. The monoisotopic (exact) mass is 512 g/mol. The highest BCUT2D eigenvalue weighted by Crippen LogP contribution is 2.40. The van der Waals surface area contributed by atoms with Crippen LogP contribution >= 0.6 is 7.82 Å². The minimum absolute atomic E-state index is 0.0622. The summed E-state index contributed by atoms with van der Waals surface area (Å²) < 4.78 is 21.3. The lowest BCUT2D eigenvalue weighted by Crippen LogP contribution is -2.43. The summed E-state index contributed by atoms with van der Waals surface area (Å²) in [6.07, 6.45) is -7.80. The molecular weight excluding hydrogens is 493 g/mol. The second-order valence-electron chi connectivity index (χ2n) is 7.52. The maximum Gasteiger partial charge on any atom is 0.268 e. The van der Waals surface area contributed by atoms with Crippen molar-refractivity contribution in [1.82, 2.24) is 14.5 Å². The third-order valence-corrected chi connectivity index (χ3v) is 5.98. The lowest BCUT2D eigenvalue weighted by atomic mass is 10.0. The van der Waals surface area contributed by atoms with Crippen LogP contribution in [-0.2, 0) is 25.0 Å². The zero-order chi connectivity index (χ0) is 26.1. The molecule has 1 aromatic rings. The van der Waals surface area contributed by atoms with Crippen LogP contribution in [0.15, 0.2) is 33.9 Å². The number of aliphatic carboxylic acids is 1. The molecule has 5 atom stereocenters. The molecule has 1 unspecified atom stereocenters. The van der Waals surface area contributed by atoms with Crippen LogP contribution < -0.4 is 26.1 Å². The molecule has 3 rings (SSSR count). The molecule has 1 aliphatic heterocycles. The quantitative estimate of drug-likeness (QED) is 0.149. The van der Waals surface area contributed by atoms with Crippen molar-refractivity contribution in [1.29, 1.82) is 0 Å². The molecule has 0 bridgehead atoms. The lowest BCUT2D eigenvalue weighted by molar-refractivity contribution is -0.316. The number of pyridine rings is 1. The summed E-state index contributed by atoms with van der Waals surface area (Å²) in [5.74, 6) is -1.84. The maximum absolute atomic E-state index is 12.2. The third kappa shape index (κ3) is 6.10. The number of aliphatic hydroxyl groups excluding tert-OH is 3. The second kappa shape index (κ2) is 10.2. The molecule has 0 spiro atoms. The number of phosphoric ester groups is 1. The van der Waals surface area contributed by atoms with Crippen molar-refractivity contribution in [2.45, 2.75) is 37.9 Å². The standard InChI is InChI=1S/C19H22N3O12P/c1-8(18(28)29)34-35(31,32)33-7-14(25)15(26)13(24)6-22-12-5-10(23)3-2-9(12)4-11-16(22)20-19(30)21-17(11)27/h2-5,8,13-15,24-26H,6-7H2,1H3,(H,28,29)(H,31,32)(H2,20,21,27,30)/p-3/t8-,13-,14+,15-/m0/s1. The Labute approximate surface area is 195 Å². The first-order valence-corrected chi connectivity index (χ1v) is 11.4. The van der Waals surface area contributed by atoms with E-state index in [0.717, 1.165) is 17.6 Å². The van der Waals surface area contributed by atoms with E-state index < -0.39 is 68.4 Å². The fourth-order valence-electron chi connectivity index (χ4n) is 3.20. The smallest absolute Gasteiger partial charge is 0.268 e. The van der Waals surface area contributed by atoms with E-state index in [1.165, 1.54) is 18.2 Å². The average Bonchev–Trinajstić information content (AvgIpc) is 2.77. The first kappa shape index (κ1) is 26.4. The number of rotatable bonds is 10. The second-order valence-corrected chi connectivity index (χ2v) is 8.88. The number of phosphoric acid groups is 1. The number of nitrogens with one attached hydrogen (secondary N) is 1. The summed E-state index contributed by atoms with van der Waals surface area (Å²) in [7, 11) is -5.22.